The molecule has 6 aliphatic rings. The van der Waals surface area contributed by atoms with Crippen LogP contribution in [0.5, 0.6) is 0 Å². The average molecular weight is 981 g/mol. The van der Waals surface area contributed by atoms with E-state index >= 15 is 0 Å². The van der Waals surface area contributed by atoms with Crippen molar-refractivity contribution in [3.05, 3.63) is 178 Å². The van der Waals surface area contributed by atoms with Crippen LogP contribution in [0.15, 0.2) is 121 Å². The Labute approximate surface area is 412 Å². The quantitative estimate of drug-likeness (QED) is 0.0957. The van der Waals surface area contributed by atoms with Gasteiger partial charge in [0.2, 0.25) is 23.6 Å². The second-order valence-corrected chi connectivity index (χ2v) is 20.5. The molecular formula is C56H52F4N6O6. The zero-order chi connectivity index (χ0) is 49.9. The van der Waals surface area contributed by atoms with Crippen molar-refractivity contribution in [1.82, 2.24) is 31.1 Å². The molecule has 5 aromatic carbocycles. The molecule has 4 aliphatic carbocycles. The molecular weight excluding hydrogens is 929 g/mol. The van der Waals surface area contributed by atoms with Gasteiger partial charge in [-0.1, -0.05) is 48.5 Å². The minimum Gasteiger partial charge on any atom is -0.352 e. The predicted octanol–water partition coefficient (Wildman–Crippen LogP) is 6.31. The Morgan fingerprint density at radius 1 is 0.333 bits per heavy atom. The van der Waals surface area contributed by atoms with Gasteiger partial charge in [-0.15, -0.1) is 0 Å². The molecule has 6 fully saturated rings. The monoisotopic (exact) mass is 980 g/mol. The highest BCUT2D eigenvalue weighted by atomic mass is 19.1. The number of nitrogens with zero attached hydrogens (tertiary/aromatic N) is 2. The molecule has 72 heavy (non-hydrogen) atoms. The highest BCUT2D eigenvalue weighted by molar-refractivity contribution is 6.00. The zero-order valence-corrected chi connectivity index (χ0v) is 39.0. The molecule has 5 aromatic rings. The van der Waals surface area contributed by atoms with Gasteiger partial charge >= 0.3 is 0 Å². The van der Waals surface area contributed by atoms with E-state index in [1.165, 1.54) is 82.6 Å². The van der Waals surface area contributed by atoms with Crippen LogP contribution in [0.2, 0.25) is 0 Å². The molecule has 16 heteroatoms. The maximum atomic E-state index is 14.2. The van der Waals surface area contributed by atoms with Gasteiger partial charge in [-0.2, -0.15) is 0 Å². The van der Waals surface area contributed by atoms with E-state index in [1.807, 2.05) is 0 Å². The van der Waals surface area contributed by atoms with Crippen LogP contribution in [0, 0.1) is 46.9 Å². The van der Waals surface area contributed by atoms with Crippen molar-refractivity contribution >= 4 is 35.4 Å². The highest BCUT2D eigenvalue weighted by Crippen LogP contribution is 2.45. The molecule has 0 spiro atoms. The minimum atomic E-state index is -0.875. The van der Waals surface area contributed by atoms with E-state index in [4.69, 9.17) is 0 Å². The van der Waals surface area contributed by atoms with Gasteiger partial charge < -0.3 is 31.1 Å². The molecule has 12 atom stereocenters. The van der Waals surface area contributed by atoms with E-state index in [0.29, 0.717) is 25.7 Å². The molecule has 370 valence electrons. The van der Waals surface area contributed by atoms with E-state index in [0.717, 1.165) is 22.3 Å². The standard InChI is InChI=1S/C56H52F4N6O6/c57-35-13-5-29(6-14-35)39-21-47(39)61-51(67)43-25-65(26-44(43)52(68)62-48-22-40(48)30-7-15-36(58)16-8-30)55(71)33-1-2-34(4-3-33)56(72)66-27-45(53(69)63-49-23-41(49)31-9-17-37(59)18-10-31)46(28-66)54(70)64-50-24-42(50)32-11-19-38(60)20-12-32/h1-20,39-50H,21-28H2,(H,61,67)(H,62,68)(H,63,69)(H,64,70)/t39-,40-,41-,42-,43-,44-,45-,46-,47?,48?,49?,50?/m1/s1. The zero-order valence-electron chi connectivity index (χ0n) is 39.0. The van der Waals surface area contributed by atoms with Gasteiger partial charge in [-0.25, -0.2) is 17.6 Å². The summed E-state index contributed by atoms with van der Waals surface area (Å²) in [6.07, 6.45) is 2.59. The normalized spacial score (nSPS) is 28.7. The Hall–Kier alpha value is -7.36. The summed E-state index contributed by atoms with van der Waals surface area (Å²) < 4.78 is 54.5. The Morgan fingerprint density at radius 2 is 0.542 bits per heavy atom. The molecule has 6 amide bonds. The number of carbonyl (C=O) groups is 6. The summed E-state index contributed by atoms with van der Waals surface area (Å²) in [7, 11) is 0. The van der Waals surface area contributed by atoms with Crippen molar-refractivity contribution in [2.75, 3.05) is 26.2 Å². The highest BCUT2D eigenvalue weighted by Gasteiger charge is 2.51. The lowest BCUT2D eigenvalue weighted by Crippen LogP contribution is -2.43. The SMILES string of the molecule is O=C(NC1C[C@@H]1c1ccc(F)cc1)[C@@H]1CN(C(=O)c2ccc(C(=O)N3C[C@@H](C(=O)NC4C[C@@H]4c4ccc(F)cc4)[C@H](C(=O)NC4C[C@@H]4c4ccc(F)cc4)C3)cc2)C[C@H]1C(=O)NC1C[C@@H]1c1ccc(F)cc1. The summed E-state index contributed by atoms with van der Waals surface area (Å²) in [6, 6.07) is 29.6. The molecule has 2 saturated heterocycles. The summed E-state index contributed by atoms with van der Waals surface area (Å²) in [5, 5.41) is 12.2. The van der Waals surface area contributed by atoms with Gasteiger partial charge in [0.1, 0.15) is 23.3 Å². The number of rotatable bonds is 14. The summed E-state index contributed by atoms with van der Waals surface area (Å²) in [5.74, 6) is -7.34. The van der Waals surface area contributed by atoms with E-state index in [2.05, 4.69) is 21.3 Å². The first-order valence-electron chi connectivity index (χ1n) is 24.7. The fraction of sp³-hybridized carbons (Fsp3) is 0.357. The Morgan fingerprint density at radius 3 is 0.750 bits per heavy atom. The molecule has 0 aromatic heterocycles. The van der Waals surface area contributed by atoms with Crippen LogP contribution >= 0.6 is 0 Å². The third kappa shape index (κ3) is 9.95. The van der Waals surface area contributed by atoms with Crippen LogP contribution in [0.1, 0.15) is 92.3 Å². The molecule has 12 nitrogen and oxygen atoms in total. The fourth-order valence-corrected chi connectivity index (χ4v) is 11.0. The maximum Gasteiger partial charge on any atom is 0.253 e. The maximum absolute atomic E-state index is 14.2. The largest absolute Gasteiger partial charge is 0.352 e. The van der Waals surface area contributed by atoms with E-state index in [-0.39, 0.29) is 132 Å². The van der Waals surface area contributed by atoms with E-state index < -0.39 is 35.5 Å². The summed E-state index contributed by atoms with van der Waals surface area (Å²) in [6.45, 7) is -0.162. The first-order valence-corrected chi connectivity index (χ1v) is 24.7. The number of hydrogen-bond donors (Lipinski definition) is 4. The lowest BCUT2D eigenvalue weighted by molar-refractivity contribution is -0.133. The molecule has 4 N–H and O–H groups in total. The minimum absolute atomic E-state index is 0.00850. The van der Waals surface area contributed by atoms with E-state index in [9.17, 15) is 46.3 Å². The van der Waals surface area contributed by atoms with Crippen LogP contribution < -0.4 is 21.3 Å². The van der Waals surface area contributed by atoms with Gasteiger partial charge in [-0.3, -0.25) is 28.8 Å². The van der Waals surface area contributed by atoms with Crippen molar-refractivity contribution in [2.24, 2.45) is 23.7 Å². The molecule has 11 rings (SSSR count). The van der Waals surface area contributed by atoms with Crippen LogP contribution in [-0.4, -0.2) is 95.6 Å². The molecule has 2 heterocycles. The van der Waals surface area contributed by atoms with Crippen molar-refractivity contribution in [3.63, 3.8) is 0 Å². The smallest absolute Gasteiger partial charge is 0.253 e. The number of benzene rings is 5. The van der Waals surface area contributed by atoms with Crippen LogP contribution in [0.4, 0.5) is 17.6 Å². The Kier molecular flexibility index (Phi) is 12.4. The summed E-state index contributed by atoms with van der Waals surface area (Å²) in [5.41, 5.74) is 4.00. The third-order valence-electron chi connectivity index (χ3n) is 15.6. The summed E-state index contributed by atoms with van der Waals surface area (Å²) in [4.78, 5) is 87.2. The second-order valence-electron chi connectivity index (χ2n) is 20.5. The van der Waals surface area contributed by atoms with E-state index in [1.54, 1.807) is 48.5 Å². The number of amides is 6. The van der Waals surface area contributed by atoms with Crippen LogP contribution in [0.25, 0.3) is 0 Å². The topological polar surface area (TPSA) is 157 Å². The van der Waals surface area contributed by atoms with Crippen LogP contribution in [-0.2, 0) is 19.2 Å². The van der Waals surface area contributed by atoms with Crippen LogP contribution in [0.3, 0.4) is 0 Å². The van der Waals surface area contributed by atoms with Gasteiger partial charge in [0.05, 0.1) is 23.7 Å². The van der Waals surface area contributed by atoms with Gasteiger partial charge in [-0.05, 0) is 121 Å². The molecule has 2 aliphatic heterocycles. The van der Waals surface area contributed by atoms with Gasteiger partial charge in [0, 0.05) is 85.1 Å². The van der Waals surface area contributed by atoms with Gasteiger partial charge in [0.15, 0.2) is 0 Å². The Bertz CT molecular complexity index is 2560. The van der Waals surface area contributed by atoms with Crippen molar-refractivity contribution in [1.29, 1.82) is 0 Å². The van der Waals surface area contributed by atoms with Crippen molar-refractivity contribution in [3.8, 4) is 0 Å². The first kappa shape index (κ1) is 47.0. The molecule has 4 unspecified atom stereocenters. The number of hydrogen-bond acceptors (Lipinski definition) is 6. The van der Waals surface area contributed by atoms with Crippen molar-refractivity contribution in [2.45, 2.75) is 73.5 Å². The number of halogens is 4. The van der Waals surface area contributed by atoms with Gasteiger partial charge in [0.25, 0.3) is 11.8 Å². The number of carbonyl (C=O) groups excluding carboxylic acids is 6. The fourth-order valence-electron chi connectivity index (χ4n) is 11.0. The average Bonchev–Trinajstić information content (AvgIpc) is 4.32. The second kappa shape index (κ2) is 19.0. The Balaban J connectivity index is 0.757. The lowest BCUT2D eigenvalue weighted by atomic mass is 9.94. The summed E-state index contributed by atoms with van der Waals surface area (Å²) >= 11 is 0. The molecule has 4 saturated carbocycles. The molecule has 0 radical (unpaired) electrons. The predicted molar refractivity (Wildman–Crippen MR) is 255 cm³/mol. The van der Waals surface area contributed by atoms with Crippen molar-refractivity contribution < 1.29 is 46.3 Å². The first-order chi connectivity index (χ1) is 34.7. The third-order valence-corrected chi connectivity index (χ3v) is 15.6. The number of likely N-dealkylation sites (tertiary alicyclic amines) is 2. The number of nitrogens with one attached hydrogen (secondary N) is 4. The molecule has 0 bridgehead atoms. The lowest BCUT2D eigenvalue weighted by Gasteiger charge is -2.18.